The van der Waals surface area contributed by atoms with E-state index in [1.165, 1.54) is 29.8 Å². The fraction of sp³-hybridized carbons (Fsp3) is 0.375. The maximum Gasteiger partial charge on any atom is 0.242 e. The molecule has 2 N–H and O–H groups in total. The highest BCUT2D eigenvalue weighted by Crippen LogP contribution is 2.22. The Labute approximate surface area is 163 Å². The molecule has 0 saturated carbocycles. The van der Waals surface area contributed by atoms with Crippen molar-refractivity contribution in [3.05, 3.63) is 45.9 Å². The van der Waals surface area contributed by atoms with E-state index in [9.17, 15) is 8.42 Å². The van der Waals surface area contributed by atoms with Crippen LogP contribution in [0.25, 0.3) is 0 Å². The normalized spacial score (nSPS) is 12.2. The summed E-state index contributed by atoms with van der Waals surface area (Å²) in [5, 5.41) is 3.20. The van der Waals surface area contributed by atoms with Crippen molar-refractivity contribution in [3.63, 3.8) is 0 Å². The van der Waals surface area contributed by atoms with Crippen LogP contribution in [0.3, 0.4) is 0 Å². The van der Waals surface area contributed by atoms with Crippen LogP contribution in [0.2, 0.25) is 4.34 Å². The van der Waals surface area contributed by atoms with E-state index in [2.05, 4.69) is 20.0 Å². The van der Waals surface area contributed by atoms with Crippen molar-refractivity contribution in [2.45, 2.75) is 18.4 Å². The summed E-state index contributed by atoms with van der Waals surface area (Å²) in [6.45, 7) is 3.89. The van der Waals surface area contributed by atoms with Gasteiger partial charge in [-0.2, -0.15) is 0 Å². The van der Waals surface area contributed by atoms with Gasteiger partial charge in [-0.15, -0.1) is 11.3 Å². The van der Waals surface area contributed by atoms with Gasteiger partial charge in [0, 0.05) is 37.4 Å². The summed E-state index contributed by atoms with van der Waals surface area (Å²) < 4.78 is 27.6. The third-order valence-electron chi connectivity index (χ3n) is 3.33. The zero-order chi connectivity index (χ0) is 19.0. The molecule has 0 aliphatic heterocycles. The molecule has 7 nitrogen and oxygen atoms in total. The minimum absolute atomic E-state index is 0.141. The molecule has 10 heteroatoms. The van der Waals surface area contributed by atoms with E-state index in [1.807, 2.05) is 31.0 Å². The van der Waals surface area contributed by atoms with Gasteiger partial charge in [0.05, 0.1) is 17.4 Å². The molecule has 0 spiro atoms. The lowest BCUT2D eigenvalue weighted by Crippen LogP contribution is -2.39. The fourth-order valence-electron chi connectivity index (χ4n) is 2.15. The first kappa shape index (κ1) is 20.6. The van der Waals surface area contributed by atoms with Gasteiger partial charge in [0.15, 0.2) is 5.96 Å². The molecule has 0 aromatic carbocycles. The van der Waals surface area contributed by atoms with Crippen LogP contribution in [0.5, 0.6) is 0 Å². The number of aliphatic imine (C=N–C) groups is 1. The molecule has 26 heavy (non-hydrogen) atoms. The molecule has 0 aliphatic rings. The van der Waals surface area contributed by atoms with Gasteiger partial charge in [0.25, 0.3) is 0 Å². The number of nitrogens with zero attached hydrogens (tertiary/aromatic N) is 3. The van der Waals surface area contributed by atoms with Crippen molar-refractivity contribution in [1.82, 2.24) is 19.9 Å². The van der Waals surface area contributed by atoms with Crippen molar-refractivity contribution < 1.29 is 8.42 Å². The van der Waals surface area contributed by atoms with Gasteiger partial charge in [-0.25, -0.2) is 13.1 Å². The average molecular weight is 416 g/mol. The summed E-state index contributed by atoms with van der Waals surface area (Å²) >= 11 is 7.49. The van der Waals surface area contributed by atoms with Gasteiger partial charge in [0.2, 0.25) is 10.0 Å². The SMILES string of the molecule is CCNC(=NCCNS(=O)(=O)c1cccnc1)N(C)Cc1ccc(Cl)s1. The Morgan fingerprint density at radius 2 is 2.19 bits per heavy atom. The number of aromatic nitrogens is 1. The second kappa shape index (κ2) is 9.86. The molecule has 2 rings (SSSR count). The van der Waals surface area contributed by atoms with E-state index >= 15 is 0 Å². The fourth-order valence-corrected chi connectivity index (χ4v) is 4.27. The van der Waals surface area contributed by atoms with Gasteiger partial charge >= 0.3 is 0 Å². The number of hydrogen-bond donors (Lipinski definition) is 2. The van der Waals surface area contributed by atoms with Gasteiger partial charge < -0.3 is 10.2 Å². The van der Waals surface area contributed by atoms with E-state index in [4.69, 9.17) is 11.6 Å². The van der Waals surface area contributed by atoms with Crippen molar-refractivity contribution >= 4 is 38.9 Å². The highest BCUT2D eigenvalue weighted by molar-refractivity contribution is 7.89. The van der Waals surface area contributed by atoms with Crippen LogP contribution in [0, 0.1) is 0 Å². The Morgan fingerprint density at radius 1 is 1.38 bits per heavy atom. The molecule has 2 aromatic heterocycles. The third kappa shape index (κ3) is 6.24. The molecule has 2 heterocycles. The summed E-state index contributed by atoms with van der Waals surface area (Å²) in [5.74, 6) is 0.706. The molecule has 2 aromatic rings. The van der Waals surface area contributed by atoms with Gasteiger partial charge in [0.1, 0.15) is 4.90 Å². The second-order valence-electron chi connectivity index (χ2n) is 5.38. The number of hydrogen-bond acceptors (Lipinski definition) is 5. The predicted octanol–water partition coefficient (Wildman–Crippen LogP) is 2.17. The molecule has 0 saturated heterocycles. The van der Waals surface area contributed by atoms with Crippen molar-refractivity contribution in [3.8, 4) is 0 Å². The number of sulfonamides is 1. The first-order valence-corrected chi connectivity index (χ1v) is 10.7. The number of nitrogens with one attached hydrogen (secondary N) is 2. The van der Waals surface area contributed by atoms with Crippen molar-refractivity contribution in [2.24, 2.45) is 4.99 Å². The monoisotopic (exact) mass is 415 g/mol. The Morgan fingerprint density at radius 3 is 2.81 bits per heavy atom. The van der Waals surface area contributed by atoms with Crippen molar-refractivity contribution in [1.29, 1.82) is 0 Å². The van der Waals surface area contributed by atoms with Crippen LogP contribution >= 0.6 is 22.9 Å². The van der Waals surface area contributed by atoms with Crippen LogP contribution in [0.1, 0.15) is 11.8 Å². The van der Waals surface area contributed by atoms with E-state index in [0.29, 0.717) is 19.0 Å². The quantitative estimate of drug-likeness (QED) is 0.392. The number of guanidine groups is 1. The van der Waals surface area contributed by atoms with E-state index in [0.717, 1.165) is 15.8 Å². The lowest BCUT2D eigenvalue weighted by molar-refractivity contribution is 0.481. The topological polar surface area (TPSA) is 86.7 Å². The second-order valence-corrected chi connectivity index (χ2v) is 8.95. The molecule has 0 aliphatic carbocycles. The number of halogens is 1. The van der Waals surface area contributed by atoms with Gasteiger partial charge in [-0.3, -0.25) is 9.98 Å². The smallest absolute Gasteiger partial charge is 0.242 e. The van der Waals surface area contributed by atoms with Crippen LogP contribution in [0.4, 0.5) is 0 Å². The van der Waals surface area contributed by atoms with E-state index in [-0.39, 0.29) is 11.4 Å². The molecule has 0 bridgehead atoms. The largest absolute Gasteiger partial charge is 0.357 e. The lowest BCUT2D eigenvalue weighted by Gasteiger charge is -2.21. The van der Waals surface area contributed by atoms with Gasteiger partial charge in [-0.05, 0) is 31.2 Å². The standard InChI is InChI=1S/C16H22ClN5O2S2/c1-3-19-16(22(2)12-13-6-7-15(17)25-13)20-9-10-21-26(23,24)14-5-4-8-18-11-14/h4-8,11,21H,3,9-10,12H2,1-2H3,(H,19,20). The third-order valence-corrected chi connectivity index (χ3v) is 5.99. The summed E-state index contributed by atoms with van der Waals surface area (Å²) in [6.07, 6.45) is 2.85. The number of rotatable bonds is 8. The van der Waals surface area contributed by atoms with Crippen LogP contribution < -0.4 is 10.0 Å². The molecule has 0 atom stereocenters. The Balaban J connectivity index is 1.92. The minimum Gasteiger partial charge on any atom is -0.357 e. The van der Waals surface area contributed by atoms with E-state index in [1.54, 1.807) is 6.07 Å². The average Bonchev–Trinajstić information content (AvgIpc) is 3.03. The molecule has 0 unspecified atom stereocenters. The first-order chi connectivity index (χ1) is 12.4. The summed E-state index contributed by atoms with van der Waals surface area (Å²) in [6, 6.07) is 6.94. The van der Waals surface area contributed by atoms with Gasteiger partial charge in [-0.1, -0.05) is 11.6 Å². The van der Waals surface area contributed by atoms with Crippen LogP contribution in [-0.4, -0.2) is 50.9 Å². The Bertz CT molecular complexity index is 824. The molecular weight excluding hydrogens is 394 g/mol. The van der Waals surface area contributed by atoms with Crippen LogP contribution in [0.15, 0.2) is 46.5 Å². The highest BCUT2D eigenvalue weighted by atomic mass is 35.5. The predicted molar refractivity (Wildman–Crippen MR) is 106 cm³/mol. The van der Waals surface area contributed by atoms with Crippen LogP contribution in [-0.2, 0) is 16.6 Å². The zero-order valence-electron chi connectivity index (χ0n) is 14.6. The maximum absolute atomic E-state index is 12.1. The zero-order valence-corrected chi connectivity index (χ0v) is 17.0. The Kier molecular flexibility index (Phi) is 7.83. The summed E-state index contributed by atoms with van der Waals surface area (Å²) in [7, 11) is -1.64. The van der Waals surface area contributed by atoms with E-state index < -0.39 is 10.0 Å². The molecule has 0 amide bonds. The first-order valence-electron chi connectivity index (χ1n) is 8.05. The molecule has 0 fully saturated rings. The van der Waals surface area contributed by atoms with Crippen molar-refractivity contribution in [2.75, 3.05) is 26.7 Å². The highest BCUT2D eigenvalue weighted by Gasteiger charge is 2.13. The number of pyridine rings is 1. The maximum atomic E-state index is 12.1. The summed E-state index contributed by atoms with van der Waals surface area (Å²) in [5.41, 5.74) is 0. The molecular formula is C16H22ClN5O2S2. The molecule has 142 valence electrons. The Hall–Kier alpha value is -1.68. The summed E-state index contributed by atoms with van der Waals surface area (Å²) in [4.78, 5) is 11.5. The minimum atomic E-state index is -3.57. The number of thiophene rings is 1. The molecule has 0 radical (unpaired) electrons. The lowest BCUT2D eigenvalue weighted by atomic mass is 10.4.